The predicted molar refractivity (Wildman–Crippen MR) is 84.6 cm³/mol. The SMILES string of the molecule is COc1cc(C)c(Br)cc1C(Cl)c1cccc(Cl)c1. The van der Waals surface area contributed by atoms with Crippen molar-refractivity contribution in [3.63, 3.8) is 0 Å². The molecule has 4 heteroatoms. The van der Waals surface area contributed by atoms with Crippen LogP contribution in [0.2, 0.25) is 5.02 Å². The van der Waals surface area contributed by atoms with Gasteiger partial charge in [0, 0.05) is 15.1 Å². The zero-order valence-electron chi connectivity index (χ0n) is 10.6. The number of hydrogen-bond donors (Lipinski definition) is 0. The van der Waals surface area contributed by atoms with E-state index in [4.69, 9.17) is 27.9 Å². The minimum absolute atomic E-state index is 0.300. The van der Waals surface area contributed by atoms with Gasteiger partial charge >= 0.3 is 0 Å². The zero-order chi connectivity index (χ0) is 14.0. The van der Waals surface area contributed by atoms with Crippen molar-refractivity contribution in [3.8, 4) is 5.75 Å². The van der Waals surface area contributed by atoms with Gasteiger partial charge in [-0.2, -0.15) is 0 Å². The van der Waals surface area contributed by atoms with Crippen LogP contribution < -0.4 is 4.74 Å². The molecule has 0 heterocycles. The summed E-state index contributed by atoms with van der Waals surface area (Å²) in [4.78, 5) is 0. The second-order valence-corrected chi connectivity index (χ2v) is 5.99. The van der Waals surface area contributed by atoms with Gasteiger partial charge in [0.25, 0.3) is 0 Å². The number of halogens is 3. The summed E-state index contributed by atoms with van der Waals surface area (Å²) in [5.41, 5.74) is 2.97. The standard InChI is InChI=1S/C15H13BrCl2O/c1-9-6-14(19-2)12(8-13(9)16)15(18)10-4-3-5-11(17)7-10/h3-8,15H,1-2H3. The summed E-state index contributed by atoms with van der Waals surface area (Å²) in [5, 5.41) is 0.374. The fraction of sp³-hybridized carbons (Fsp3) is 0.200. The molecule has 0 aromatic heterocycles. The molecule has 1 atom stereocenters. The average Bonchev–Trinajstić information content (AvgIpc) is 2.40. The molecular formula is C15H13BrCl2O. The highest BCUT2D eigenvalue weighted by Crippen LogP contribution is 2.38. The predicted octanol–water partition coefficient (Wildman–Crippen LogP) is 5.75. The lowest BCUT2D eigenvalue weighted by Gasteiger charge is -2.16. The molecule has 1 nitrogen and oxygen atoms in total. The maximum absolute atomic E-state index is 6.55. The molecule has 100 valence electrons. The van der Waals surface area contributed by atoms with Gasteiger partial charge in [-0.25, -0.2) is 0 Å². The molecule has 0 aliphatic carbocycles. The molecule has 2 aromatic carbocycles. The molecule has 0 spiro atoms. The van der Waals surface area contributed by atoms with Crippen LogP contribution in [0.1, 0.15) is 22.1 Å². The number of rotatable bonds is 3. The lowest BCUT2D eigenvalue weighted by molar-refractivity contribution is 0.409. The van der Waals surface area contributed by atoms with Gasteiger partial charge in [0.05, 0.1) is 12.5 Å². The quantitative estimate of drug-likeness (QED) is 0.634. The fourth-order valence-electron chi connectivity index (χ4n) is 1.89. The van der Waals surface area contributed by atoms with E-state index in [-0.39, 0.29) is 5.38 Å². The molecule has 2 aromatic rings. The van der Waals surface area contributed by atoms with Gasteiger partial charge in [-0.15, -0.1) is 11.6 Å². The van der Waals surface area contributed by atoms with Crippen LogP contribution in [0.4, 0.5) is 0 Å². The second kappa shape index (κ2) is 6.17. The Bertz CT molecular complexity index is 599. The number of ether oxygens (including phenoxy) is 1. The molecule has 0 fully saturated rings. The molecule has 0 saturated carbocycles. The third-order valence-electron chi connectivity index (χ3n) is 2.93. The van der Waals surface area contributed by atoms with E-state index in [1.54, 1.807) is 7.11 Å². The highest BCUT2D eigenvalue weighted by molar-refractivity contribution is 9.10. The Labute approximate surface area is 131 Å². The topological polar surface area (TPSA) is 9.23 Å². The number of methoxy groups -OCH3 is 1. The largest absolute Gasteiger partial charge is 0.496 e. The minimum atomic E-state index is -0.300. The van der Waals surface area contributed by atoms with Crippen LogP contribution in [-0.2, 0) is 0 Å². The smallest absolute Gasteiger partial charge is 0.124 e. The molecule has 0 radical (unpaired) electrons. The normalized spacial score (nSPS) is 12.3. The summed E-state index contributed by atoms with van der Waals surface area (Å²) in [7, 11) is 1.65. The van der Waals surface area contributed by atoms with E-state index in [1.165, 1.54) is 0 Å². The summed E-state index contributed by atoms with van der Waals surface area (Å²) >= 11 is 16.1. The van der Waals surface area contributed by atoms with Crippen LogP contribution in [-0.4, -0.2) is 7.11 Å². The number of benzene rings is 2. The van der Waals surface area contributed by atoms with Crippen molar-refractivity contribution >= 4 is 39.1 Å². The van der Waals surface area contributed by atoms with E-state index >= 15 is 0 Å². The Morgan fingerprint density at radius 1 is 1.21 bits per heavy atom. The first-order valence-corrected chi connectivity index (χ1v) is 7.37. The molecule has 2 rings (SSSR count). The van der Waals surface area contributed by atoms with E-state index in [0.29, 0.717) is 5.02 Å². The van der Waals surface area contributed by atoms with Crippen LogP contribution in [0.25, 0.3) is 0 Å². The van der Waals surface area contributed by atoms with Crippen molar-refractivity contribution in [2.75, 3.05) is 7.11 Å². The van der Waals surface area contributed by atoms with Gasteiger partial charge in [-0.1, -0.05) is 39.7 Å². The Morgan fingerprint density at radius 2 is 1.95 bits per heavy atom. The van der Waals surface area contributed by atoms with Crippen molar-refractivity contribution in [1.29, 1.82) is 0 Å². The summed E-state index contributed by atoms with van der Waals surface area (Å²) < 4.78 is 6.43. The van der Waals surface area contributed by atoms with Crippen LogP contribution >= 0.6 is 39.1 Å². The molecule has 0 amide bonds. The Kier molecular flexibility index (Phi) is 4.77. The Balaban J connectivity index is 2.49. The molecule has 0 aliphatic rings. The van der Waals surface area contributed by atoms with Crippen molar-refractivity contribution in [2.45, 2.75) is 12.3 Å². The first kappa shape index (κ1) is 14.7. The first-order valence-electron chi connectivity index (χ1n) is 5.76. The molecule has 0 N–H and O–H groups in total. The van der Waals surface area contributed by atoms with Gasteiger partial charge in [0.15, 0.2) is 0 Å². The van der Waals surface area contributed by atoms with E-state index < -0.39 is 0 Å². The molecule has 0 bridgehead atoms. The van der Waals surface area contributed by atoms with Crippen LogP contribution in [0.5, 0.6) is 5.75 Å². The highest BCUT2D eigenvalue weighted by Gasteiger charge is 2.17. The van der Waals surface area contributed by atoms with E-state index in [0.717, 1.165) is 26.9 Å². The van der Waals surface area contributed by atoms with Gasteiger partial charge in [0.1, 0.15) is 5.75 Å². The molecular weight excluding hydrogens is 347 g/mol. The average molecular weight is 360 g/mol. The lowest BCUT2D eigenvalue weighted by Crippen LogP contribution is -1.98. The maximum Gasteiger partial charge on any atom is 0.124 e. The monoisotopic (exact) mass is 358 g/mol. The molecule has 0 saturated heterocycles. The van der Waals surface area contributed by atoms with E-state index in [2.05, 4.69) is 15.9 Å². The molecule has 1 unspecified atom stereocenters. The number of aryl methyl sites for hydroxylation is 1. The Morgan fingerprint density at radius 3 is 2.58 bits per heavy atom. The van der Waals surface area contributed by atoms with Crippen LogP contribution in [0.3, 0.4) is 0 Å². The summed E-state index contributed by atoms with van der Waals surface area (Å²) in [5.74, 6) is 0.778. The minimum Gasteiger partial charge on any atom is -0.496 e. The molecule has 0 aliphatic heterocycles. The third kappa shape index (κ3) is 3.25. The Hall–Kier alpha value is -0.700. The second-order valence-electron chi connectivity index (χ2n) is 4.26. The van der Waals surface area contributed by atoms with E-state index in [9.17, 15) is 0 Å². The first-order chi connectivity index (χ1) is 9.02. The zero-order valence-corrected chi connectivity index (χ0v) is 13.7. The van der Waals surface area contributed by atoms with Gasteiger partial charge < -0.3 is 4.74 Å². The summed E-state index contributed by atoms with van der Waals surface area (Å²) in [6.07, 6.45) is 0. The van der Waals surface area contributed by atoms with Crippen molar-refractivity contribution in [3.05, 3.63) is 62.6 Å². The third-order valence-corrected chi connectivity index (χ3v) is 4.50. The summed E-state index contributed by atoms with van der Waals surface area (Å²) in [6.45, 7) is 2.01. The van der Waals surface area contributed by atoms with Gasteiger partial charge in [0.2, 0.25) is 0 Å². The van der Waals surface area contributed by atoms with Gasteiger partial charge in [-0.05, 0) is 42.3 Å². The number of hydrogen-bond acceptors (Lipinski definition) is 1. The van der Waals surface area contributed by atoms with Crippen molar-refractivity contribution < 1.29 is 4.74 Å². The fourth-order valence-corrected chi connectivity index (χ4v) is 2.76. The lowest BCUT2D eigenvalue weighted by atomic mass is 10.0. The van der Waals surface area contributed by atoms with Crippen molar-refractivity contribution in [1.82, 2.24) is 0 Å². The highest BCUT2D eigenvalue weighted by atomic mass is 79.9. The maximum atomic E-state index is 6.55. The van der Waals surface area contributed by atoms with Gasteiger partial charge in [-0.3, -0.25) is 0 Å². The number of alkyl halides is 1. The molecule has 19 heavy (non-hydrogen) atoms. The van der Waals surface area contributed by atoms with Crippen LogP contribution in [0, 0.1) is 6.92 Å². The van der Waals surface area contributed by atoms with Crippen LogP contribution in [0.15, 0.2) is 40.9 Å². The van der Waals surface area contributed by atoms with E-state index in [1.807, 2.05) is 43.3 Å². The summed E-state index contributed by atoms with van der Waals surface area (Å²) in [6, 6.07) is 11.5. The van der Waals surface area contributed by atoms with Crippen molar-refractivity contribution in [2.24, 2.45) is 0 Å².